The summed E-state index contributed by atoms with van der Waals surface area (Å²) in [6.45, 7) is 3.71. The molecule has 0 radical (unpaired) electrons. The summed E-state index contributed by atoms with van der Waals surface area (Å²) >= 11 is 3.44. The standard InChI is InChI=1S/C25H25BrN2O2S/c26-24-12-6-7-13-25(24)31(29,30)28-16-20-10-4-5-11-22(20)23-18-27(15-21(23)17-28)14-19-8-2-1-3-9-19/h1-13,21,23H,14-18H2/t21-,23+/m1/s1. The molecule has 0 aromatic heterocycles. The summed E-state index contributed by atoms with van der Waals surface area (Å²) in [5.41, 5.74) is 3.71. The third-order valence-corrected chi connectivity index (χ3v) is 9.28. The molecule has 31 heavy (non-hydrogen) atoms. The molecule has 0 aliphatic carbocycles. The van der Waals surface area contributed by atoms with Crippen molar-refractivity contribution >= 4 is 26.0 Å². The second-order valence-electron chi connectivity index (χ2n) is 8.47. The van der Waals surface area contributed by atoms with Crippen LogP contribution in [0.5, 0.6) is 0 Å². The lowest BCUT2D eigenvalue weighted by Crippen LogP contribution is -2.35. The zero-order valence-electron chi connectivity index (χ0n) is 17.2. The van der Waals surface area contributed by atoms with E-state index in [9.17, 15) is 8.42 Å². The smallest absolute Gasteiger partial charge is 0.244 e. The van der Waals surface area contributed by atoms with Crippen LogP contribution < -0.4 is 0 Å². The van der Waals surface area contributed by atoms with E-state index >= 15 is 0 Å². The summed E-state index contributed by atoms with van der Waals surface area (Å²) in [6, 6.07) is 26.0. The number of benzene rings is 3. The molecular weight excluding hydrogens is 472 g/mol. The van der Waals surface area contributed by atoms with Crippen molar-refractivity contribution < 1.29 is 8.42 Å². The average Bonchev–Trinajstić information content (AvgIpc) is 3.09. The predicted molar refractivity (Wildman–Crippen MR) is 126 cm³/mol. The Labute approximate surface area is 192 Å². The molecule has 2 atom stereocenters. The fourth-order valence-electron chi connectivity index (χ4n) is 5.00. The Kier molecular flexibility index (Phi) is 5.73. The van der Waals surface area contributed by atoms with E-state index in [0.717, 1.165) is 25.2 Å². The summed E-state index contributed by atoms with van der Waals surface area (Å²) in [6.07, 6.45) is 0. The van der Waals surface area contributed by atoms with Crippen LogP contribution in [0.25, 0.3) is 0 Å². The van der Waals surface area contributed by atoms with Crippen molar-refractivity contribution in [3.05, 3.63) is 100 Å². The largest absolute Gasteiger partial charge is 0.298 e. The molecule has 3 aromatic carbocycles. The summed E-state index contributed by atoms with van der Waals surface area (Å²) in [5.74, 6) is 0.615. The summed E-state index contributed by atoms with van der Waals surface area (Å²) in [7, 11) is -3.61. The van der Waals surface area contributed by atoms with Gasteiger partial charge in [-0.05, 0) is 50.7 Å². The zero-order chi connectivity index (χ0) is 21.4. The molecule has 1 saturated heterocycles. The Morgan fingerprint density at radius 1 is 0.839 bits per heavy atom. The monoisotopic (exact) mass is 496 g/mol. The van der Waals surface area contributed by atoms with Gasteiger partial charge in [-0.15, -0.1) is 0 Å². The van der Waals surface area contributed by atoms with E-state index in [1.165, 1.54) is 11.1 Å². The van der Waals surface area contributed by atoms with Gasteiger partial charge >= 0.3 is 0 Å². The van der Waals surface area contributed by atoms with Crippen molar-refractivity contribution in [1.29, 1.82) is 0 Å². The Hall–Kier alpha value is -1.99. The van der Waals surface area contributed by atoms with Crippen molar-refractivity contribution in [2.24, 2.45) is 5.92 Å². The first-order chi connectivity index (χ1) is 15.0. The fraction of sp³-hybridized carbons (Fsp3) is 0.280. The van der Waals surface area contributed by atoms with E-state index in [4.69, 9.17) is 0 Å². The maximum Gasteiger partial charge on any atom is 0.244 e. The zero-order valence-corrected chi connectivity index (χ0v) is 19.6. The molecule has 5 rings (SSSR count). The summed E-state index contributed by atoms with van der Waals surface area (Å²) in [5, 5.41) is 0. The molecule has 3 aromatic rings. The summed E-state index contributed by atoms with van der Waals surface area (Å²) in [4.78, 5) is 2.81. The molecule has 1 fully saturated rings. The van der Waals surface area contributed by atoms with E-state index in [1.54, 1.807) is 22.5 Å². The minimum Gasteiger partial charge on any atom is -0.298 e. The lowest BCUT2D eigenvalue weighted by molar-refractivity contribution is 0.293. The number of hydrogen-bond donors (Lipinski definition) is 0. The van der Waals surface area contributed by atoms with E-state index in [0.29, 0.717) is 28.4 Å². The van der Waals surface area contributed by atoms with Crippen LogP contribution in [0.4, 0.5) is 0 Å². The molecular formula is C25H25BrN2O2S. The minimum atomic E-state index is -3.61. The first-order valence-corrected chi connectivity index (χ1v) is 12.8. The normalized spacial score (nSPS) is 22.0. The topological polar surface area (TPSA) is 40.6 Å². The highest BCUT2D eigenvalue weighted by Crippen LogP contribution is 2.40. The molecule has 2 aliphatic rings. The predicted octanol–water partition coefficient (Wildman–Crippen LogP) is 4.87. The van der Waals surface area contributed by atoms with Crippen LogP contribution in [0.3, 0.4) is 0 Å². The van der Waals surface area contributed by atoms with Crippen LogP contribution >= 0.6 is 15.9 Å². The molecule has 0 N–H and O–H groups in total. The summed E-state index contributed by atoms with van der Waals surface area (Å²) < 4.78 is 29.5. The van der Waals surface area contributed by atoms with Gasteiger partial charge in [-0.25, -0.2) is 8.42 Å². The van der Waals surface area contributed by atoms with Crippen LogP contribution in [-0.4, -0.2) is 37.3 Å². The maximum absolute atomic E-state index is 13.6. The molecule has 160 valence electrons. The maximum atomic E-state index is 13.6. The SMILES string of the molecule is O=S(=O)(c1ccccc1Br)N1Cc2ccccc2[C@H]2CN(Cc3ccccc3)C[C@@H]2C1. The number of rotatable bonds is 4. The van der Waals surface area contributed by atoms with Gasteiger partial charge in [0.15, 0.2) is 0 Å². The molecule has 0 bridgehead atoms. The Bertz CT molecular complexity index is 1180. The molecule has 6 heteroatoms. The van der Waals surface area contributed by atoms with E-state index < -0.39 is 10.0 Å². The lowest BCUT2D eigenvalue weighted by Gasteiger charge is -2.25. The van der Waals surface area contributed by atoms with Crippen molar-refractivity contribution in [2.75, 3.05) is 19.6 Å². The van der Waals surface area contributed by atoms with E-state index in [1.807, 2.05) is 18.2 Å². The Morgan fingerprint density at radius 2 is 1.55 bits per heavy atom. The number of hydrogen-bond acceptors (Lipinski definition) is 3. The lowest BCUT2D eigenvalue weighted by atomic mass is 9.87. The van der Waals surface area contributed by atoms with Crippen molar-refractivity contribution in [3.8, 4) is 0 Å². The highest BCUT2D eigenvalue weighted by atomic mass is 79.9. The molecule has 0 spiro atoms. The van der Waals surface area contributed by atoms with Gasteiger partial charge in [-0.2, -0.15) is 4.31 Å². The second kappa shape index (κ2) is 8.51. The molecule has 4 nitrogen and oxygen atoms in total. The Morgan fingerprint density at radius 3 is 2.35 bits per heavy atom. The van der Waals surface area contributed by atoms with Gasteiger partial charge < -0.3 is 0 Å². The van der Waals surface area contributed by atoms with Crippen molar-refractivity contribution in [1.82, 2.24) is 9.21 Å². The third-order valence-electron chi connectivity index (χ3n) is 6.46. The number of nitrogens with zero attached hydrogens (tertiary/aromatic N) is 2. The minimum absolute atomic E-state index is 0.268. The quantitative estimate of drug-likeness (QED) is 0.517. The molecule has 2 heterocycles. The number of fused-ring (bicyclic) bond motifs is 3. The first kappa shape index (κ1) is 20.9. The number of halogens is 1. The molecule has 0 saturated carbocycles. The first-order valence-electron chi connectivity index (χ1n) is 10.6. The van der Waals surface area contributed by atoms with Gasteiger partial charge in [0, 0.05) is 43.1 Å². The van der Waals surface area contributed by atoms with Crippen LogP contribution in [0.15, 0.2) is 88.2 Å². The highest BCUT2D eigenvalue weighted by molar-refractivity contribution is 9.10. The Balaban J connectivity index is 1.48. The second-order valence-corrected chi connectivity index (χ2v) is 11.2. The van der Waals surface area contributed by atoms with Gasteiger partial charge in [0.2, 0.25) is 10.0 Å². The van der Waals surface area contributed by atoms with E-state index in [2.05, 4.69) is 63.3 Å². The highest BCUT2D eigenvalue weighted by Gasteiger charge is 2.41. The van der Waals surface area contributed by atoms with E-state index in [-0.39, 0.29) is 5.92 Å². The molecule has 0 unspecified atom stereocenters. The molecule has 2 aliphatic heterocycles. The van der Waals surface area contributed by atoms with Crippen molar-refractivity contribution in [3.63, 3.8) is 0 Å². The third kappa shape index (κ3) is 4.10. The van der Waals surface area contributed by atoms with Gasteiger partial charge in [0.1, 0.15) is 0 Å². The van der Waals surface area contributed by atoms with Crippen LogP contribution in [0.2, 0.25) is 0 Å². The van der Waals surface area contributed by atoms with Gasteiger partial charge in [-0.1, -0.05) is 66.7 Å². The van der Waals surface area contributed by atoms with Gasteiger partial charge in [0.05, 0.1) is 4.90 Å². The van der Waals surface area contributed by atoms with Crippen molar-refractivity contribution in [2.45, 2.75) is 23.9 Å². The van der Waals surface area contributed by atoms with Crippen LogP contribution in [-0.2, 0) is 23.1 Å². The average molecular weight is 497 g/mol. The van der Waals surface area contributed by atoms with Gasteiger partial charge in [-0.3, -0.25) is 4.90 Å². The van der Waals surface area contributed by atoms with Crippen LogP contribution in [0, 0.1) is 5.92 Å². The van der Waals surface area contributed by atoms with Gasteiger partial charge in [0.25, 0.3) is 0 Å². The molecule has 0 amide bonds. The van der Waals surface area contributed by atoms with Crippen LogP contribution in [0.1, 0.15) is 22.6 Å². The fourth-order valence-corrected chi connectivity index (χ4v) is 7.44. The number of likely N-dealkylation sites (tertiary alicyclic amines) is 1. The number of sulfonamides is 1.